The van der Waals surface area contributed by atoms with E-state index >= 15 is 0 Å². The number of aliphatic hydroxyl groups excluding tert-OH is 1. The lowest BCUT2D eigenvalue weighted by molar-refractivity contribution is -0.122. The number of aliphatic hydroxyl groups is 1. The van der Waals surface area contributed by atoms with Crippen LogP contribution in [0.5, 0.6) is 0 Å². The number of β-amino-alcohol motifs (C(OH)–C–C–N with tert-alkyl or cyclic N) is 1. The zero-order valence-corrected chi connectivity index (χ0v) is 11.2. The highest BCUT2D eigenvalue weighted by molar-refractivity contribution is 5.80. The normalized spacial score (nSPS) is 18.8. The third-order valence-corrected chi connectivity index (χ3v) is 3.42. The molecule has 0 bridgehead atoms. The molecule has 0 aromatic carbocycles. The van der Waals surface area contributed by atoms with Crippen molar-refractivity contribution in [3.63, 3.8) is 0 Å². The number of rotatable bonds is 7. The van der Waals surface area contributed by atoms with E-state index in [-0.39, 0.29) is 12.5 Å². The Labute approximate surface area is 105 Å². The largest absolute Gasteiger partial charge is 0.395 e. The average Bonchev–Trinajstić information content (AvgIpc) is 2.31. The molecule has 0 aromatic rings. The molecule has 4 nitrogen and oxygen atoms in total. The summed E-state index contributed by atoms with van der Waals surface area (Å²) in [5.41, 5.74) is 0. The molecule has 0 aliphatic carbocycles. The topological polar surface area (TPSA) is 43.8 Å². The smallest absolute Gasteiger partial charge is 0.135 e. The highest BCUT2D eigenvalue weighted by Gasteiger charge is 2.16. The Balaban J connectivity index is 2.08. The standard InChI is InChI=1S/C13H26N2O2/c1-12(2)13(17)4-3-5-14-6-8-15(9-7-14)10-11-16/h12,16H,3-11H2,1-2H3. The second kappa shape index (κ2) is 7.80. The van der Waals surface area contributed by atoms with Crippen LogP contribution in [0.15, 0.2) is 0 Å². The van der Waals surface area contributed by atoms with Crippen LogP contribution in [0.3, 0.4) is 0 Å². The first kappa shape index (κ1) is 14.6. The van der Waals surface area contributed by atoms with Crippen LogP contribution in [0.2, 0.25) is 0 Å². The van der Waals surface area contributed by atoms with Crippen LogP contribution in [0.1, 0.15) is 26.7 Å². The molecule has 0 spiro atoms. The molecule has 1 aliphatic rings. The molecule has 1 aliphatic heterocycles. The summed E-state index contributed by atoms with van der Waals surface area (Å²) in [5.74, 6) is 0.556. The maximum absolute atomic E-state index is 11.5. The lowest BCUT2D eigenvalue weighted by Crippen LogP contribution is -2.47. The molecule has 1 N–H and O–H groups in total. The number of carbonyl (C=O) groups excluding carboxylic acids is 1. The van der Waals surface area contributed by atoms with Crippen molar-refractivity contribution in [2.24, 2.45) is 5.92 Å². The quantitative estimate of drug-likeness (QED) is 0.710. The Kier molecular flexibility index (Phi) is 6.70. The van der Waals surface area contributed by atoms with Crippen LogP contribution in [0.25, 0.3) is 0 Å². The average molecular weight is 242 g/mol. The Morgan fingerprint density at radius 1 is 1.12 bits per heavy atom. The van der Waals surface area contributed by atoms with E-state index in [0.29, 0.717) is 12.2 Å². The van der Waals surface area contributed by atoms with Gasteiger partial charge in [-0.05, 0) is 13.0 Å². The molecule has 100 valence electrons. The molecule has 0 atom stereocenters. The number of hydrogen-bond donors (Lipinski definition) is 1. The van der Waals surface area contributed by atoms with Gasteiger partial charge in [-0.25, -0.2) is 0 Å². The van der Waals surface area contributed by atoms with Gasteiger partial charge in [-0.2, -0.15) is 0 Å². The van der Waals surface area contributed by atoms with E-state index in [4.69, 9.17) is 5.11 Å². The van der Waals surface area contributed by atoms with Crippen LogP contribution < -0.4 is 0 Å². The maximum atomic E-state index is 11.5. The van der Waals surface area contributed by atoms with Crippen molar-refractivity contribution in [2.75, 3.05) is 45.9 Å². The number of hydrogen-bond acceptors (Lipinski definition) is 4. The summed E-state index contributed by atoms with van der Waals surface area (Å²) < 4.78 is 0. The number of carbonyl (C=O) groups is 1. The van der Waals surface area contributed by atoms with Crippen molar-refractivity contribution in [3.05, 3.63) is 0 Å². The molecule has 17 heavy (non-hydrogen) atoms. The molecule has 1 rings (SSSR count). The number of piperazine rings is 1. The first-order chi connectivity index (χ1) is 8.13. The zero-order valence-electron chi connectivity index (χ0n) is 11.2. The second-order valence-electron chi connectivity index (χ2n) is 5.13. The van der Waals surface area contributed by atoms with Gasteiger partial charge in [-0.15, -0.1) is 0 Å². The van der Waals surface area contributed by atoms with Crippen molar-refractivity contribution in [1.29, 1.82) is 0 Å². The lowest BCUT2D eigenvalue weighted by Gasteiger charge is -2.34. The van der Waals surface area contributed by atoms with Crippen molar-refractivity contribution >= 4 is 5.78 Å². The Bertz CT molecular complexity index is 223. The SMILES string of the molecule is CC(C)C(=O)CCCN1CCN(CCO)CC1. The fourth-order valence-corrected chi connectivity index (χ4v) is 2.14. The van der Waals surface area contributed by atoms with Gasteiger partial charge in [0.25, 0.3) is 0 Å². The summed E-state index contributed by atoms with van der Waals surface area (Å²) in [6, 6.07) is 0. The highest BCUT2D eigenvalue weighted by atomic mass is 16.3. The van der Waals surface area contributed by atoms with Gasteiger partial charge >= 0.3 is 0 Å². The number of Topliss-reactive ketones (excluding diaryl/α,β-unsaturated/α-hetero) is 1. The third kappa shape index (κ3) is 5.61. The van der Waals surface area contributed by atoms with Gasteiger partial charge in [0.15, 0.2) is 0 Å². The number of ketones is 1. The maximum Gasteiger partial charge on any atom is 0.135 e. The van der Waals surface area contributed by atoms with Gasteiger partial charge in [0.2, 0.25) is 0 Å². The van der Waals surface area contributed by atoms with E-state index in [1.165, 1.54) is 0 Å². The summed E-state index contributed by atoms with van der Waals surface area (Å²) in [4.78, 5) is 16.2. The fraction of sp³-hybridized carbons (Fsp3) is 0.923. The minimum absolute atomic E-state index is 0.177. The number of nitrogens with zero attached hydrogens (tertiary/aromatic N) is 2. The van der Waals surface area contributed by atoms with Gasteiger partial charge in [0.05, 0.1) is 6.61 Å². The summed E-state index contributed by atoms with van der Waals surface area (Å²) in [6.45, 7) is 10.2. The van der Waals surface area contributed by atoms with Crippen molar-refractivity contribution in [2.45, 2.75) is 26.7 Å². The summed E-state index contributed by atoms with van der Waals surface area (Å²) in [5, 5.41) is 8.85. The van der Waals surface area contributed by atoms with Gasteiger partial charge < -0.3 is 10.0 Å². The van der Waals surface area contributed by atoms with E-state index < -0.39 is 0 Å². The van der Waals surface area contributed by atoms with Crippen molar-refractivity contribution < 1.29 is 9.90 Å². The monoisotopic (exact) mass is 242 g/mol. The van der Waals surface area contributed by atoms with Crippen molar-refractivity contribution in [1.82, 2.24) is 9.80 Å². The van der Waals surface area contributed by atoms with Crippen molar-refractivity contribution in [3.8, 4) is 0 Å². The zero-order chi connectivity index (χ0) is 12.7. The fourth-order valence-electron chi connectivity index (χ4n) is 2.14. The van der Waals surface area contributed by atoms with Crippen LogP contribution >= 0.6 is 0 Å². The van der Waals surface area contributed by atoms with Crippen LogP contribution in [0, 0.1) is 5.92 Å². The molecule has 0 saturated carbocycles. The lowest BCUT2D eigenvalue weighted by atomic mass is 10.0. The molecular formula is C13H26N2O2. The van der Waals surface area contributed by atoms with Crippen LogP contribution in [0.4, 0.5) is 0 Å². The molecule has 0 aromatic heterocycles. The van der Waals surface area contributed by atoms with Gasteiger partial charge in [-0.1, -0.05) is 13.8 Å². The molecular weight excluding hydrogens is 216 g/mol. The van der Waals surface area contributed by atoms with Gasteiger partial charge in [0.1, 0.15) is 5.78 Å². The van der Waals surface area contributed by atoms with E-state index in [1.54, 1.807) is 0 Å². The molecule has 4 heteroatoms. The predicted octanol–water partition coefficient (Wildman–Crippen LogP) is 0.602. The van der Waals surface area contributed by atoms with E-state index in [9.17, 15) is 4.79 Å². The Hall–Kier alpha value is -0.450. The van der Waals surface area contributed by atoms with Crippen LogP contribution in [-0.2, 0) is 4.79 Å². The molecule has 0 amide bonds. The first-order valence-electron chi connectivity index (χ1n) is 6.71. The Morgan fingerprint density at radius 2 is 1.65 bits per heavy atom. The third-order valence-electron chi connectivity index (χ3n) is 3.42. The summed E-state index contributed by atoms with van der Waals surface area (Å²) in [6.07, 6.45) is 1.70. The van der Waals surface area contributed by atoms with Crippen LogP contribution in [-0.4, -0.2) is 66.6 Å². The second-order valence-corrected chi connectivity index (χ2v) is 5.13. The highest BCUT2D eigenvalue weighted by Crippen LogP contribution is 2.06. The molecule has 1 heterocycles. The molecule has 0 radical (unpaired) electrons. The van der Waals surface area contributed by atoms with E-state index in [0.717, 1.165) is 45.7 Å². The molecule has 1 fully saturated rings. The summed E-state index contributed by atoms with van der Waals surface area (Å²) in [7, 11) is 0. The minimum atomic E-state index is 0.177. The first-order valence-corrected chi connectivity index (χ1v) is 6.71. The summed E-state index contributed by atoms with van der Waals surface area (Å²) >= 11 is 0. The molecule has 0 unspecified atom stereocenters. The van der Waals surface area contributed by atoms with Gasteiger partial charge in [0, 0.05) is 45.1 Å². The Morgan fingerprint density at radius 3 is 2.12 bits per heavy atom. The molecule has 1 saturated heterocycles. The minimum Gasteiger partial charge on any atom is -0.395 e. The predicted molar refractivity (Wildman–Crippen MR) is 69.0 cm³/mol. The van der Waals surface area contributed by atoms with E-state index in [2.05, 4.69) is 9.80 Å². The van der Waals surface area contributed by atoms with Gasteiger partial charge in [-0.3, -0.25) is 9.69 Å². The van der Waals surface area contributed by atoms with E-state index in [1.807, 2.05) is 13.8 Å².